The van der Waals surface area contributed by atoms with Crippen molar-refractivity contribution < 1.29 is 14.2 Å². The van der Waals surface area contributed by atoms with E-state index in [9.17, 15) is 5.11 Å². The highest BCUT2D eigenvalue weighted by Crippen LogP contribution is 2.31. The zero-order valence-corrected chi connectivity index (χ0v) is 19.7. The van der Waals surface area contributed by atoms with Crippen molar-refractivity contribution in [3.05, 3.63) is 41.3 Å². The molecule has 0 unspecified atom stereocenters. The molecule has 10 heteroatoms. The lowest BCUT2D eigenvalue weighted by atomic mass is 9.98. The quantitative estimate of drug-likeness (QED) is 0.415. The molecule has 0 spiro atoms. The van der Waals surface area contributed by atoms with Gasteiger partial charge in [0.1, 0.15) is 17.1 Å². The SMILES string of the molecule is CCCCN(CCO)c1nc(N)nc2cn(Cc3c(F)cc(C4=CCNCC4)cc3OC)nc12. The number of nitrogen functional groups attached to an aromatic ring is 1. The van der Waals surface area contributed by atoms with Crippen molar-refractivity contribution in [3.8, 4) is 5.75 Å². The molecule has 0 bridgehead atoms. The Balaban J connectivity index is 1.69. The van der Waals surface area contributed by atoms with E-state index >= 15 is 4.39 Å². The van der Waals surface area contributed by atoms with Crippen molar-refractivity contribution >= 4 is 28.4 Å². The average molecular weight is 470 g/mol. The average Bonchev–Trinajstić information content (AvgIpc) is 3.25. The number of nitrogens with one attached hydrogen (secondary N) is 1. The Hall–Kier alpha value is -3.24. The van der Waals surface area contributed by atoms with Gasteiger partial charge in [0, 0.05) is 19.6 Å². The lowest BCUT2D eigenvalue weighted by molar-refractivity contribution is 0.301. The molecule has 182 valence electrons. The molecule has 1 aliphatic heterocycles. The molecule has 2 aromatic heterocycles. The minimum absolute atomic E-state index is 0.0168. The maximum atomic E-state index is 15.3. The highest BCUT2D eigenvalue weighted by atomic mass is 19.1. The number of anilines is 2. The largest absolute Gasteiger partial charge is 0.496 e. The van der Waals surface area contributed by atoms with Crippen molar-refractivity contribution in [2.24, 2.45) is 0 Å². The summed E-state index contributed by atoms with van der Waals surface area (Å²) in [5.74, 6) is 0.836. The van der Waals surface area contributed by atoms with Gasteiger partial charge in [-0.1, -0.05) is 19.4 Å². The second-order valence-corrected chi connectivity index (χ2v) is 8.35. The fraction of sp³-hybridized carbons (Fsp3) is 0.458. The number of aliphatic hydroxyl groups excluding tert-OH is 1. The van der Waals surface area contributed by atoms with Crippen LogP contribution in [0.3, 0.4) is 0 Å². The Morgan fingerprint density at radius 3 is 2.85 bits per heavy atom. The monoisotopic (exact) mass is 469 g/mol. The first-order chi connectivity index (χ1) is 16.5. The number of unbranched alkanes of at least 4 members (excludes halogenated alkanes) is 1. The first kappa shape index (κ1) is 23.9. The van der Waals surface area contributed by atoms with Gasteiger partial charge in [0.2, 0.25) is 5.95 Å². The molecule has 0 saturated carbocycles. The van der Waals surface area contributed by atoms with Crippen molar-refractivity contribution in [2.75, 3.05) is 50.5 Å². The molecule has 0 amide bonds. The van der Waals surface area contributed by atoms with Gasteiger partial charge >= 0.3 is 0 Å². The van der Waals surface area contributed by atoms with Gasteiger partial charge in [0.05, 0.1) is 32.0 Å². The molecule has 0 aliphatic carbocycles. The third-order valence-electron chi connectivity index (χ3n) is 5.99. The summed E-state index contributed by atoms with van der Waals surface area (Å²) in [6.45, 7) is 5.02. The van der Waals surface area contributed by atoms with E-state index in [0.717, 1.165) is 43.5 Å². The van der Waals surface area contributed by atoms with Crippen LogP contribution in [0, 0.1) is 5.82 Å². The minimum atomic E-state index is -0.344. The second kappa shape index (κ2) is 10.8. The van der Waals surface area contributed by atoms with Crippen molar-refractivity contribution in [2.45, 2.75) is 32.7 Å². The van der Waals surface area contributed by atoms with Gasteiger partial charge in [-0.2, -0.15) is 10.1 Å². The van der Waals surface area contributed by atoms with Gasteiger partial charge in [-0.25, -0.2) is 9.37 Å². The Kier molecular flexibility index (Phi) is 7.59. The fourth-order valence-electron chi connectivity index (χ4n) is 4.24. The van der Waals surface area contributed by atoms with Gasteiger partial charge in [-0.15, -0.1) is 0 Å². The van der Waals surface area contributed by atoms with Crippen LogP contribution in [-0.4, -0.2) is 64.8 Å². The van der Waals surface area contributed by atoms with Crippen molar-refractivity contribution in [1.82, 2.24) is 25.1 Å². The van der Waals surface area contributed by atoms with E-state index < -0.39 is 0 Å². The second-order valence-electron chi connectivity index (χ2n) is 8.35. The maximum absolute atomic E-state index is 15.3. The smallest absolute Gasteiger partial charge is 0.222 e. The van der Waals surface area contributed by atoms with E-state index in [2.05, 4.69) is 33.4 Å². The predicted octanol–water partition coefficient (Wildman–Crippen LogP) is 2.58. The number of methoxy groups -OCH3 is 1. The highest BCUT2D eigenvalue weighted by molar-refractivity contribution is 5.86. The number of rotatable bonds is 10. The van der Waals surface area contributed by atoms with E-state index in [0.29, 0.717) is 41.3 Å². The summed E-state index contributed by atoms with van der Waals surface area (Å²) in [5.41, 5.74) is 9.46. The van der Waals surface area contributed by atoms with Crippen LogP contribution in [0.15, 0.2) is 24.4 Å². The van der Waals surface area contributed by atoms with Crippen LogP contribution in [0.2, 0.25) is 0 Å². The number of hydrogen-bond acceptors (Lipinski definition) is 8. The first-order valence-electron chi connectivity index (χ1n) is 11.7. The third-order valence-corrected chi connectivity index (χ3v) is 5.99. The number of benzene rings is 1. The van der Waals surface area contributed by atoms with E-state index in [1.54, 1.807) is 24.1 Å². The molecule has 0 saturated heterocycles. The van der Waals surface area contributed by atoms with Gasteiger partial charge in [0.25, 0.3) is 0 Å². The van der Waals surface area contributed by atoms with Gasteiger partial charge in [-0.3, -0.25) is 4.68 Å². The number of ether oxygens (including phenoxy) is 1. The third kappa shape index (κ3) is 5.13. The number of halogens is 1. The molecule has 3 heterocycles. The van der Waals surface area contributed by atoms with Crippen LogP contribution in [0.4, 0.5) is 16.2 Å². The molecule has 34 heavy (non-hydrogen) atoms. The number of nitrogens with two attached hydrogens (primary N) is 1. The number of hydrogen-bond donors (Lipinski definition) is 3. The molecule has 0 atom stereocenters. The Labute approximate surface area is 198 Å². The molecule has 4 N–H and O–H groups in total. The summed E-state index contributed by atoms with van der Waals surface area (Å²) in [4.78, 5) is 10.7. The van der Waals surface area contributed by atoms with Crippen molar-refractivity contribution in [1.29, 1.82) is 0 Å². The molecule has 0 radical (unpaired) electrons. The summed E-state index contributed by atoms with van der Waals surface area (Å²) in [6.07, 6.45) is 6.60. The number of fused-ring (bicyclic) bond motifs is 1. The van der Waals surface area contributed by atoms with Gasteiger partial charge in [0.15, 0.2) is 11.3 Å². The minimum Gasteiger partial charge on any atom is -0.496 e. The molecule has 0 fully saturated rings. The van der Waals surface area contributed by atoms with Crippen LogP contribution in [0.1, 0.15) is 37.3 Å². The Bertz CT molecular complexity index is 1180. The van der Waals surface area contributed by atoms with Gasteiger partial charge in [-0.05, 0) is 42.7 Å². The molecule has 1 aliphatic rings. The molecule has 9 nitrogen and oxygen atoms in total. The maximum Gasteiger partial charge on any atom is 0.222 e. The Morgan fingerprint density at radius 1 is 1.29 bits per heavy atom. The van der Waals surface area contributed by atoms with Crippen LogP contribution < -0.4 is 20.7 Å². The lowest BCUT2D eigenvalue weighted by Crippen LogP contribution is -2.29. The van der Waals surface area contributed by atoms with Crippen LogP contribution in [-0.2, 0) is 6.54 Å². The molecule has 1 aromatic carbocycles. The molecular weight excluding hydrogens is 437 g/mol. The van der Waals surface area contributed by atoms with E-state index in [1.165, 1.54) is 0 Å². The topological polar surface area (TPSA) is 114 Å². The molecule has 4 rings (SSSR count). The predicted molar refractivity (Wildman–Crippen MR) is 131 cm³/mol. The summed E-state index contributed by atoms with van der Waals surface area (Å²) >= 11 is 0. The van der Waals surface area contributed by atoms with Crippen LogP contribution in [0.5, 0.6) is 5.75 Å². The van der Waals surface area contributed by atoms with Crippen LogP contribution >= 0.6 is 0 Å². The van der Waals surface area contributed by atoms with E-state index in [4.69, 9.17) is 10.5 Å². The molecule has 3 aromatic rings. The zero-order valence-electron chi connectivity index (χ0n) is 19.7. The van der Waals surface area contributed by atoms with E-state index in [-0.39, 0.29) is 24.9 Å². The number of aromatic nitrogens is 4. The summed E-state index contributed by atoms with van der Waals surface area (Å²) < 4.78 is 22.4. The lowest BCUT2D eigenvalue weighted by Gasteiger charge is -2.22. The summed E-state index contributed by atoms with van der Waals surface area (Å²) in [6, 6.07) is 3.45. The standard InChI is InChI=1S/C24H32FN7O2/c1-3-4-9-31(10-11-33)23-22-20(28-24(26)29-23)15-32(30-22)14-18-19(25)12-17(13-21(18)34-2)16-5-7-27-8-6-16/h5,12-13,15,27,33H,3-4,6-11,14H2,1-2H3,(H2,26,28). The van der Waals surface area contributed by atoms with Crippen molar-refractivity contribution in [3.63, 3.8) is 0 Å². The number of aliphatic hydroxyl groups is 1. The van der Waals surface area contributed by atoms with Crippen LogP contribution in [0.25, 0.3) is 16.6 Å². The fourth-order valence-corrected chi connectivity index (χ4v) is 4.24. The Morgan fingerprint density at radius 2 is 2.15 bits per heavy atom. The highest BCUT2D eigenvalue weighted by Gasteiger charge is 2.20. The molecular formula is C24H32FN7O2. The normalized spacial score (nSPS) is 13.8. The van der Waals surface area contributed by atoms with E-state index in [1.807, 2.05) is 11.0 Å². The first-order valence-corrected chi connectivity index (χ1v) is 11.7. The summed E-state index contributed by atoms with van der Waals surface area (Å²) in [5, 5.41) is 17.5. The van der Waals surface area contributed by atoms with Gasteiger partial charge < -0.3 is 25.8 Å². The zero-order chi connectivity index (χ0) is 24.1. The summed E-state index contributed by atoms with van der Waals surface area (Å²) in [7, 11) is 1.54. The number of nitrogens with zero attached hydrogens (tertiary/aromatic N) is 5.